The van der Waals surface area contributed by atoms with Crippen LogP contribution in [0.4, 0.5) is 5.13 Å². The third-order valence-corrected chi connectivity index (χ3v) is 3.83. The highest BCUT2D eigenvalue weighted by Crippen LogP contribution is 2.11. The topological polar surface area (TPSA) is 71.2 Å². The first kappa shape index (κ1) is 13.3. The molecule has 1 amide bonds. The van der Waals surface area contributed by atoms with Crippen molar-refractivity contribution < 1.29 is 4.79 Å². The van der Waals surface area contributed by atoms with Crippen LogP contribution in [0.5, 0.6) is 0 Å². The van der Waals surface area contributed by atoms with Crippen LogP contribution >= 0.6 is 11.3 Å². The summed E-state index contributed by atoms with van der Waals surface area (Å²) in [5.74, 6) is 0.0253. The van der Waals surface area contributed by atoms with Gasteiger partial charge in [0.25, 0.3) is 0 Å². The highest BCUT2D eigenvalue weighted by atomic mass is 32.1. The SMILES string of the molecule is Nc1nc(CC(=O)NCCN2CCCCC2)cs1. The van der Waals surface area contributed by atoms with E-state index in [1.54, 1.807) is 0 Å². The molecule has 0 atom stereocenters. The lowest BCUT2D eigenvalue weighted by Crippen LogP contribution is -2.38. The molecule has 3 N–H and O–H groups in total. The number of hydrogen-bond acceptors (Lipinski definition) is 5. The lowest BCUT2D eigenvalue weighted by molar-refractivity contribution is -0.120. The summed E-state index contributed by atoms with van der Waals surface area (Å²) in [7, 11) is 0. The highest BCUT2D eigenvalue weighted by molar-refractivity contribution is 7.13. The van der Waals surface area contributed by atoms with E-state index >= 15 is 0 Å². The lowest BCUT2D eigenvalue weighted by Gasteiger charge is -2.26. The van der Waals surface area contributed by atoms with E-state index in [9.17, 15) is 4.79 Å². The molecule has 1 aromatic rings. The highest BCUT2D eigenvalue weighted by Gasteiger charge is 2.10. The molecular weight excluding hydrogens is 248 g/mol. The summed E-state index contributed by atoms with van der Waals surface area (Å²) in [5.41, 5.74) is 6.28. The second kappa shape index (κ2) is 6.70. The number of nitrogens with zero attached hydrogens (tertiary/aromatic N) is 2. The third-order valence-electron chi connectivity index (χ3n) is 3.11. The Hall–Kier alpha value is -1.14. The van der Waals surface area contributed by atoms with Crippen molar-refractivity contribution in [3.63, 3.8) is 0 Å². The molecule has 1 saturated heterocycles. The van der Waals surface area contributed by atoms with Gasteiger partial charge in [-0.25, -0.2) is 4.98 Å². The van der Waals surface area contributed by atoms with Gasteiger partial charge in [0.05, 0.1) is 12.1 Å². The minimum absolute atomic E-state index is 0.0253. The molecule has 2 rings (SSSR count). The standard InChI is InChI=1S/C12H20N4OS/c13-12-15-10(9-18-12)8-11(17)14-4-7-16-5-2-1-3-6-16/h9H,1-8H2,(H2,13,15)(H,14,17). The number of likely N-dealkylation sites (tertiary alicyclic amines) is 1. The van der Waals surface area contributed by atoms with E-state index in [1.165, 1.54) is 43.7 Å². The maximum absolute atomic E-state index is 11.7. The van der Waals surface area contributed by atoms with E-state index in [2.05, 4.69) is 15.2 Å². The summed E-state index contributed by atoms with van der Waals surface area (Å²) in [6, 6.07) is 0. The second-order valence-electron chi connectivity index (χ2n) is 4.61. The van der Waals surface area contributed by atoms with Gasteiger partial charge >= 0.3 is 0 Å². The summed E-state index contributed by atoms with van der Waals surface area (Å²) in [6.45, 7) is 4.00. The van der Waals surface area contributed by atoms with Gasteiger partial charge in [0.15, 0.2) is 5.13 Å². The number of carbonyl (C=O) groups is 1. The van der Waals surface area contributed by atoms with Crippen molar-refractivity contribution in [3.8, 4) is 0 Å². The summed E-state index contributed by atoms with van der Waals surface area (Å²) < 4.78 is 0. The molecule has 6 heteroatoms. The van der Waals surface area contributed by atoms with Crippen LogP contribution in [-0.4, -0.2) is 42.0 Å². The number of nitrogens with one attached hydrogen (secondary N) is 1. The van der Waals surface area contributed by atoms with Crippen molar-refractivity contribution in [2.45, 2.75) is 25.7 Å². The Morgan fingerprint density at radius 3 is 2.89 bits per heavy atom. The molecule has 0 unspecified atom stereocenters. The molecule has 0 aromatic carbocycles. The normalized spacial score (nSPS) is 16.7. The third kappa shape index (κ3) is 4.27. The van der Waals surface area contributed by atoms with Crippen molar-refractivity contribution in [1.29, 1.82) is 0 Å². The average Bonchev–Trinajstić information content (AvgIpc) is 2.76. The molecule has 100 valence electrons. The molecule has 0 spiro atoms. The predicted molar refractivity (Wildman–Crippen MR) is 73.5 cm³/mol. The number of hydrogen-bond donors (Lipinski definition) is 2. The second-order valence-corrected chi connectivity index (χ2v) is 5.50. The number of rotatable bonds is 5. The number of piperidine rings is 1. The first-order valence-corrected chi connectivity index (χ1v) is 7.31. The van der Waals surface area contributed by atoms with Gasteiger partial charge in [-0.3, -0.25) is 4.79 Å². The number of nitrogens with two attached hydrogens (primary N) is 1. The molecule has 1 aliphatic rings. The van der Waals surface area contributed by atoms with Crippen molar-refractivity contribution in [3.05, 3.63) is 11.1 Å². The molecule has 0 aliphatic carbocycles. The fraction of sp³-hybridized carbons (Fsp3) is 0.667. The molecule has 2 heterocycles. The molecule has 0 bridgehead atoms. The number of carbonyl (C=O) groups excluding carboxylic acids is 1. The Morgan fingerprint density at radius 1 is 1.44 bits per heavy atom. The van der Waals surface area contributed by atoms with Crippen LogP contribution in [0.15, 0.2) is 5.38 Å². The van der Waals surface area contributed by atoms with E-state index in [1.807, 2.05) is 5.38 Å². The van der Waals surface area contributed by atoms with Gasteiger partial charge in [-0.05, 0) is 25.9 Å². The van der Waals surface area contributed by atoms with Gasteiger partial charge in [-0.1, -0.05) is 6.42 Å². The molecular formula is C12H20N4OS. The van der Waals surface area contributed by atoms with Crippen molar-refractivity contribution >= 4 is 22.4 Å². The monoisotopic (exact) mass is 268 g/mol. The molecule has 1 fully saturated rings. The number of nitrogen functional groups attached to an aromatic ring is 1. The largest absolute Gasteiger partial charge is 0.375 e. The molecule has 5 nitrogen and oxygen atoms in total. The Labute approximate surface area is 111 Å². The average molecular weight is 268 g/mol. The van der Waals surface area contributed by atoms with Gasteiger partial charge in [-0.15, -0.1) is 11.3 Å². The minimum atomic E-state index is 0.0253. The van der Waals surface area contributed by atoms with Gasteiger partial charge in [0.2, 0.25) is 5.91 Å². The fourth-order valence-electron chi connectivity index (χ4n) is 2.17. The zero-order valence-corrected chi connectivity index (χ0v) is 11.3. The van der Waals surface area contributed by atoms with Gasteiger partial charge in [0, 0.05) is 18.5 Å². The van der Waals surface area contributed by atoms with Crippen LogP contribution in [0, 0.1) is 0 Å². The van der Waals surface area contributed by atoms with Gasteiger partial charge < -0.3 is 16.0 Å². The van der Waals surface area contributed by atoms with Gasteiger partial charge in [0.1, 0.15) is 0 Å². The molecule has 18 heavy (non-hydrogen) atoms. The van der Waals surface area contributed by atoms with Crippen LogP contribution in [0.3, 0.4) is 0 Å². The molecule has 0 radical (unpaired) electrons. The van der Waals surface area contributed by atoms with E-state index in [-0.39, 0.29) is 5.91 Å². The minimum Gasteiger partial charge on any atom is -0.375 e. The van der Waals surface area contributed by atoms with Crippen molar-refractivity contribution in [1.82, 2.24) is 15.2 Å². The Morgan fingerprint density at radius 2 is 2.22 bits per heavy atom. The van der Waals surface area contributed by atoms with E-state index in [0.29, 0.717) is 11.6 Å². The number of anilines is 1. The van der Waals surface area contributed by atoms with E-state index in [0.717, 1.165) is 18.8 Å². The van der Waals surface area contributed by atoms with Crippen LogP contribution in [0.2, 0.25) is 0 Å². The zero-order valence-electron chi connectivity index (χ0n) is 10.5. The summed E-state index contributed by atoms with van der Waals surface area (Å²) in [4.78, 5) is 18.1. The molecule has 1 aliphatic heterocycles. The smallest absolute Gasteiger partial charge is 0.226 e. The number of amides is 1. The van der Waals surface area contributed by atoms with Crippen LogP contribution in [0.1, 0.15) is 25.0 Å². The van der Waals surface area contributed by atoms with Crippen molar-refractivity contribution in [2.24, 2.45) is 0 Å². The summed E-state index contributed by atoms with van der Waals surface area (Å²) >= 11 is 1.37. The van der Waals surface area contributed by atoms with Gasteiger partial charge in [-0.2, -0.15) is 0 Å². The van der Waals surface area contributed by atoms with E-state index in [4.69, 9.17) is 5.73 Å². The Bertz CT molecular complexity index is 387. The Balaban J connectivity index is 1.62. The summed E-state index contributed by atoms with van der Waals surface area (Å²) in [5, 5.41) is 5.28. The van der Waals surface area contributed by atoms with Crippen LogP contribution in [-0.2, 0) is 11.2 Å². The quantitative estimate of drug-likeness (QED) is 0.831. The maximum atomic E-state index is 11.7. The number of thiazole rings is 1. The first-order chi connectivity index (χ1) is 8.74. The fourth-order valence-corrected chi connectivity index (χ4v) is 2.73. The molecule has 1 aromatic heterocycles. The zero-order chi connectivity index (χ0) is 12.8. The molecule has 0 saturated carbocycles. The first-order valence-electron chi connectivity index (χ1n) is 6.43. The Kier molecular flexibility index (Phi) is 4.95. The van der Waals surface area contributed by atoms with Crippen molar-refractivity contribution in [2.75, 3.05) is 31.9 Å². The summed E-state index contributed by atoms with van der Waals surface area (Å²) in [6.07, 6.45) is 4.24. The lowest BCUT2D eigenvalue weighted by atomic mass is 10.1. The predicted octanol–water partition coefficient (Wildman–Crippen LogP) is 0.870. The van der Waals surface area contributed by atoms with E-state index < -0.39 is 0 Å². The van der Waals surface area contributed by atoms with Crippen LogP contribution < -0.4 is 11.1 Å². The maximum Gasteiger partial charge on any atom is 0.226 e. The number of aromatic nitrogens is 1. The van der Waals surface area contributed by atoms with Crippen LogP contribution in [0.25, 0.3) is 0 Å².